The Morgan fingerprint density at radius 3 is 2.76 bits per heavy atom. The SMILES string of the molecule is CC(NC(=O)CC1(N2CCOCC2)CCCC1)c1cccc(C#N)c1. The predicted molar refractivity (Wildman–Crippen MR) is 95.9 cm³/mol. The van der Waals surface area contributed by atoms with Gasteiger partial charge in [-0.15, -0.1) is 0 Å². The second-order valence-corrected chi connectivity index (χ2v) is 7.23. The van der Waals surface area contributed by atoms with Crippen molar-refractivity contribution in [3.8, 4) is 6.07 Å². The van der Waals surface area contributed by atoms with Gasteiger partial charge in [-0.05, 0) is 37.5 Å². The Labute approximate surface area is 150 Å². The average molecular weight is 341 g/mol. The van der Waals surface area contributed by atoms with Crippen LogP contribution in [0, 0.1) is 11.3 Å². The molecule has 0 aromatic heterocycles. The van der Waals surface area contributed by atoms with Crippen molar-refractivity contribution in [1.82, 2.24) is 10.2 Å². The molecule has 1 unspecified atom stereocenters. The molecule has 1 aliphatic carbocycles. The van der Waals surface area contributed by atoms with Crippen LogP contribution in [-0.4, -0.2) is 42.6 Å². The van der Waals surface area contributed by atoms with E-state index in [-0.39, 0.29) is 17.5 Å². The van der Waals surface area contributed by atoms with Gasteiger partial charge >= 0.3 is 0 Å². The zero-order chi connectivity index (χ0) is 17.7. The van der Waals surface area contributed by atoms with Gasteiger partial charge in [-0.2, -0.15) is 5.26 Å². The predicted octanol–water partition coefficient (Wildman–Crippen LogP) is 2.77. The fourth-order valence-corrected chi connectivity index (χ4v) is 4.23. The molecule has 1 saturated carbocycles. The summed E-state index contributed by atoms with van der Waals surface area (Å²) in [7, 11) is 0. The largest absolute Gasteiger partial charge is 0.379 e. The van der Waals surface area contributed by atoms with Gasteiger partial charge in [0.1, 0.15) is 0 Å². The van der Waals surface area contributed by atoms with Crippen molar-refractivity contribution in [2.24, 2.45) is 0 Å². The third kappa shape index (κ3) is 4.20. The minimum absolute atomic E-state index is 0.00207. The van der Waals surface area contributed by atoms with Gasteiger partial charge in [0.2, 0.25) is 5.91 Å². The summed E-state index contributed by atoms with van der Waals surface area (Å²) >= 11 is 0. The average Bonchev–Trinajstić information content (AvgIpc) is 3.12. The second kappa shape index (κ2) is 7.99. The van der Waals surface area contributed by atoms with E-state index < -0.39 is 0 Å². The summed E-state index contributed by atoms with van der Waals surface area (Å²) in [6, 6.07) is 9.51. The summed E-state index contributed by atoms with van der Waals surface area (Å²) < 4.78 is 5.48. The Morgan fingerprint density at radius 1 is 1.36 bits per heavy atom. The van der Waals surface area contributed by atoms with E-state index >= 15 is 0 Å². The van der Waals surface area contributed by atoms with Crippen LogP contribution in [0.3, 0.4) is 0 Å². The highest BCUT2D eigenvalue weighted by Gasteiger charge is 2.41. The summed E-state index contributed by atoms with van der Waals surface area (Å²) in [6.07, 6.45) is 5.14. The van der Waals surface area contributed by atoms with Gasteiger partial charge < -0.3 is 10.1 Å². The number of nitrogens with one attached hydrogen (secondary N) is 1. The molecule has 1 saturated heterocycles. The Kier molecular flexibility index (Phi) is 5.72. The van der Waals surface area contributed by atoms with E-state index in [1.165, 1.54) is 12.8 Å². The molecule has 134 valence electrons. The molecular formula is C20H27N3O2. The molecular weight excluding hydrogens is 314 g/mol. The van der Waals surface area contributed by atoms with Crippen LogP contribution in [0.1, 0.15) is 56.2 Å². The maximum atomic E-state index is 12.8. The highest BCUT2D eigenvalue weighted by molar-refractivity contribution is 5.77. The Morgan fingerprint density at radius 2 is 2.08 bits per heavy atom. The first kappa shape index (κ1) is 17.9. The Balaban J connectivity index is 1.64. The number of carbonyl (C=O) groups is 1. The van der Waals surface area contributed by atoms with E-state index in [1.54, 1.807) is 6.07 Å². The van der Waals surface area contributed by atoms with Crippen LogP contribution < -0.4 is 5.32 Å². The molecule has 1 amide bonds. The number of hydrogen-bond donors (Lipinski definition) is 1. The van der Waals surface area contributed by atoms with Gasteiger partial charge in [0.15, 0.2) is 0 Å². The number of nitrogens with zero attached hydrogens (tertiary/aromatic N) is 2. The third-order valence-electron chi connectivity index (χ3n) is 5.60. The topological polar surface area (TPSA) is 65.4 Å². The minimum atomic E-state index is -0.0936. The van der Waals surface area contributed by atoms with Gasteiger partial charge in [0, 0.05) is 25.0 Å². The first-order valence-electron chi connectivity index (χ1n) is 9.25. The fourth-order valence-electron chi connectivity index (χ4n) is 4.23. The van der Waals surface area contributed by atoms with E-state index in [9.17, 15) is 4.79 Å². The van der Waals surface area contributed by atoms with E-state index in [4.69, 9.17) is 10.00 Å². The summed E-state index contributed by atoms with van der Waals surface area (Å²) in [5.41, 5.74) is 1.60. The van der Waals surface area contributed by atoms with Crippen LogP contribution >= 0.6 is 0 Å². The lowest BCUT2D eigenvalue weighted by molar-refractivity contribution is -0.126. The molecule has 5 heteroatoms. The zero-order valence-corrected chi connectivity index (χ0v) is 15.0. The van der Waals surface area contributed by atoms with E-state index in [0.29, 0.717) is 12.0 Å². The van der Waals surface area contributed by atoms with Crippen LogP contribution in [0.25, 0.3) is 0 Å². The lowest BCUT2D eigenvalue weighted by atomic mass is 9.89. The molecule has 0 spiro atoms. The van der Waals surface area contributed by atoms with Crippen LogP contribution in [0.15, 0.2) is 24.3 Å². The molecule has 25 heavy (non-hydrogen) atoms. The maximum absolute atomic E-state index is 12.8. The number of amides is 1. The highest BCUT2D eigenvalue weighted by Crippen LogP contribution is 2.38. The van der Waals surface area contributed by atoms with Crippen molar-refractivity contribution in [2.75, 3.05) is 26.3 Å². The monoisotopic (exact) mass is 341 g/mol. The van der Waals surface area contributed by atoms with Crippen LogP contribution in [0.4, 0.5) is 0 Å². The maximum Gasteiger partial charge on any atom is 0.222 e. The smallest absolute Gasteiger partial charge is 0.222 e. The van der Waals surface area contributed by atoms with Crippen molar-refractivity contribution in [3.05, 3.63) is 35.4 Å². The molecule has 1 aromatic carbocycles. The number of nitriles is 1. The first-order chi connectivity index (χ1) is 12.1. The van der Waals surface area contributed by atoms with Gasteiger partial charge in [0.05, 0.1) is 30.9 Å². The van der Waals surface area contributed by atoms with Gasteiger partial charge in [-0.3, -0.25) is 9.69 Å². The van der Waals surface area contributed by atoms with E-state index in [2.05, 4.69) is 16.3 Å². The molecule has 2 fully saturated rings. The molecule has 2 aliphatic rings. The van der Waals surface area contributed by atoms with Crippen molar-refractivity contribution in [2.45, 2.75) is 50.6 Å². The van der Waals surface area contributed by atoms with Crippen molar-refractivity contribution in [3.63, 3.8) is 0 Å². The Bertz CT molecular complexity index is 641. The summed E-state index contributed by atoms with van der Waals surface area (Å²) in [5, 5.41) is 12.2. The van der Waals surface area contributed by atoms with Crippen molar-refractivity contribution >= 4 is 5.91 Å². The lowest BCUT2D eigenvalue weighted by Crippen LogP contribution is -2.54. The number of rotatable bonds is 5. The normalized spacial score (nSPS) is 21.4. The first-order valence-corrected chi connectivity index (χ1v) is 9.25. The molecule has 0 radical (unpaired) electrons. The van der Waals surface area contributed by atoms with Crippen molar-refractivity contribution < 1.29 is 9.53 Å². The van der Waals surface area contributed by atoms with Gasteiger partial charge in [-0.25, -0.2) is 0 Å². The number of hydrogen-bond acceptors (Lipinski definition) is 4. The zero-order valence-electron chi connectivity index (χ0n) is 15.0. The van der Waals surface area contributed by atoms with Crippen LogP contribution in [0.5, 0.6) is 0 Å². The van der Waals surface area contributed by atoms with E-state index in [0.717, 1.165) is 44.7 Å². The number of ether oxygens (including phenoxy) is 1. The number of carbonyl (C=O) groups excluding carboxylic acids is 1. The molecule has 5 nitrogen and oxygen atoms in total. The summed E-state index contributed by atoms with van der Waals surface area (Å²) in [6.45, 7) is 5.35. The molecule has 1 heterocycles. The molecule has 3 rings (SSSR count). The van der Waals surface area contributed by atoms with Crippen LogP contribution in [-0.2, 0) is 9.53 Å². The number of morpholine rings is 1. The summed E-state index contributed by atoms with van der Waals surface area (Å²) in [5.74, 6) is 0.100. The quantitative estimate of drug-likeness (QED) is 0.894. The highest BCUT2D eigenvalue weighted by atomic mass is 16.5. The standard InChI is InChI=1S/C20H27N3O2/c1-16(18-6-4-5-17(13-18)15-21)22-19(24)14-20(7-2-3-8-20)23-9-11-25-12-10-23/h4-6,13,16H,2-3,7-12,14H2,1H3,(H,22,24). The van der Waals surface area contributed by atoms with Gasteiger partial charge in [-0.1, -0.05) is 25.0 Å². The molecule has 1 atom stereocenters. The lowest BCUT2D eigenvalue weighted by Gasteiger charge is -2.43. The minimum Gasteiger partial charge on any atom is -0.379 e. The molecule has 1 N–H and O–H groups in total. The summed E-state index contributed by atoms with van der Waals surface area (Å²) in [4.78, 5) is 15.2. The van der Waals surface area contributed by atoms with Crippen LogP contribution in [0.2, 0.25) is 0 Å². The molecule has 1 aliphatic heterocycles. The molecule has 1 aromatic rings. The fraction of sp³-hybridized carbons (Fsp3) is 0.600. The van der Waals surface area contributed by atoms with Gasteiger partial charge in [0.25, 0.3) is 0 Å². The van der Waals surface area contributed by atoms with Crippen molar-refractivity contribution in [1.29, 1.82) is 5.26 Å². The number of benzene rings is 1. The molecule has 0 bridgehead atoms. The third-order valence-corrected chi connectivity index (χ3v) is 5.60. The van der Waals surface area contributed by atoms with E-state index in [1.807, 2.05) is 25.1 Å². The Hall–Kier alpha value is -1.90. The second-order valence-electron chi connectivity index (χ2n) is 7.23.